The molecule has 23 heavy (non-hydrogen) atoms. The summed E-state index contributed by atoms with van der Waals surface area (Å²) in [4.78, 5) is 23.6. The number of amides is 1. The molecule has 1 aromatic heterocycles. The van der Waals surface area contributed by atoms with Crippen LogP contribution < -0.4 is 5.32 Å². The van der Waals surface area contributed by atoms with E-state index in [1.807, 2.05) is 18.2 Å². The van der Waals surface area contributed by atoms with Gasteiger partial charge in [-0.25, -0.2) is 4.68 Å². The third-order valence-corrected chi connectivity index (χ3v) is 3.75. The standard InChI is InChI=1S/C15H17N5O3/c21-14(9-23-15(22)8-20-10-16-18-19-20)17-13-7-3-5-11-4-1-2-6-12(11)13/h1-2,4,6,10,13H,3,5,7-9H2,(H,17,21)/t13-/m0/s1. The molecular weight excluding hydrogens is 298 g/mol. The number of ether oxygens (including phenoxy) is 1. The Hall–Kier alpha value is -2.77. The lowest BCUT2D eigenvalue weighted by atomic mass is 9.88. The van der Waals surface area contributed by atoms with Crippen molar-refractivity contribution in [2.45, 2.75) is 31.8 Å². The van der Waals surface area contributed by atoms with E-state index in [1.165, 1.54) is 16.6 Å². The summed E-state index contributed by atoms with van der Waals surface area (Å²) in [6.45, 7) is -0.424. The number of aromatic nitrogens is 4. The first-order valence-corrected chi connectivity index (χ1v) is 7.46. The van der Waals surface area contributed by atoms with E-state index >= 15 is 0 Å². The molecule has 8 nitrogen and oxygen atoms in total. The molecular formula is C15H17N5O3. The molecule has 1 N–H and O–H groups in total. The van der Waals surface area contributed by atoms with Crippen molar-refractivity contribution in [2.24, 2.45) is 0 Å². The van der Waals surface area contributed by atoms with Gasteiger partial charge >= 0.3 is 5.97 Å². The molecule has 1 heterocycles. The first-order chi connectivity index (χ1) is 11.2. The van der Waals surface area contributed by atoms with E-state index in [4.69, 9.17) is 4.74 Å². The van der Waals surface area contributed by atoms with Crippen molar-refractivity contribution in [3.05, 3.63) is 41.7 Å². The van der Waals surface area contributed by atoms with E-state index in [1.54, 1.807) is 0 Å². The Labute approximate surface area is 132 Å². The van der Waals surface area contributed by atoms with Gasteiger partial charge in [0, 0.05) is 0 Å². The van der Waals surface area contributed by atoms with Crippen LogP contribution in [0.5, 0.6) is 0 Å². The highest BCUT2D eigenvalue weighted by molar-refractivity contribution is 5.80. The van der Waals surface area contributed by atoms with E-state index in [0.29, 0.717) is 0 Å². The summed E-state index contributed by atoms with van der Waals surface area (Å²) < 4.78 is 6.17. The molecule has 3 rings (SSSR count). The average Bonchev–Trinajstić information content (AvgIpc) is 3.06. The van der Waals surface area contributed by atoms with Crippen molar-refractivity contribution in [2.75, 3.05) is 6.61 Å². The second-order valence-electron chi connectivity index (χ2n) is 5.38. The molecule has 0 spiro atoms. The molecule has 0 saturated heterocycles. The molecule has 2 aromatic rings. The van der Waals surface area contributed by atoms with Gasteiger partial charge in [0.25, 0.3) is 5.91 Å². The molecule has 0 unspecified atom stereocenters. The number of tetrazole rings is 1. The number of hydrogen-bond donors (Lipinski definition) is 1. The number of hydrogen-bond acceptors (Lipinski definition) is 6. The molecule has 1 aliphatic carbocycles. The highest BCUT2D eigenvalue weighted by Gasteiger charge is 2.21. The highest BCUT2D eigenvalue weighted by Crippen LogP contribution is 2.29. The second kappa shape index (κ2) is 6.99. The van der Waals surface area contributed by atoms with Crippen molar-refractivity contribution >= 4 is 11.9 Å². The normalized spacial score (nSPS) is 16.4. The molecule has 0 fully saturated rings. The maximum Gasteiger partial charge on any atom is 0.328 e. The lowest BCUT2D eigenvalue weighted by molar-refractivity contribution is -0.149. The van der Waals surface area contributed by atoms with Crippen LogP contribution in [0.25, 0.3) is 0 Å². The first kappa shape index (κ1) is 15.1. The van der Waals surface area contributed by atoms with E-state index in [-0.39, 0.29) is 25.1 Å². The van der Waals surface area contributed by atoms with Gasteiger partial charge in [0.05, 0.1) is 6.04 Å². The van der Waals surface area contributed by atoms with Crippen LogP contribution in [0.2, 0.25) is 0 Å². The minimum absolute atomic E-state index is 0.0225. The van der Waals surface area contributed by atoms with Gasteiger partial charge in [-0.05, 0) is 40.8 Å². The molecule has 1 aliphatic rings. The second-order valence-corrected chi connectivity index (χ2v) is 5.38. The molecule has 8 heteroatoms. The van der Waals surface area contributed by atoms with Crippen molar-refractivity contribution in [3.8, 4) is 0 Å². The molecule has 120 valence electrons. The molecule has 1 amide bonds. The fraction of sp³-hybridized carbons (Fsp3) is 0.400. The Morgan fingerprint density at radius 1 is 1.35 bits per heavy atom. The smallest absolute Gasteiger partial charge is 0.328 e. The summed E-state index contributed by atoms with van der Waals surface area (Å²) in [5.74, 6) is -0.867. The Kier molecular flexibility index (Phi) is 4.60. The summed E-state index contributed by atoms with van der Waals surface area (Å²) in [7, 11) is 0. The number of carbonyl (C=O) groups excluding carboxylic acids is 2. The topological polar surface area (TPSA) is 99.0 Å². The van der Waals surface area contributed by atoms with Gasteiger partial charge in [-0.1, -0.05) is 24.3 Å². The first-order valence-electron chi connectivity index (χ1n) is 7.46. The Morgan fingerprint density at radius 2 is 2.22 bits per heavy atom. The van der Waals surface area contributed by atoms with E-state index < -0.39 is 5.97 Å². The lowest BCUT2D eigenvalue weighted by Crippen LogP contribution is -2.34. The minimum atomic E-state index is -0.559. The summed E-state index contributed by atoms with van der Waals surface area (Å²) >= 11 is 0. The van der Waals surface area contributed by atoms with Crippen molar-refractivity contribution in [3.63, 3.8) is 0 Å². The number of fused-ring (bicyclic) bond motifs is 1. The molecule has 0 bridgehead atoms. The third kappa shape index (κ3) is 3.91. The van der Waals surface area contributed by atoms with Gasteiger partial charge in [-0.3, -0.25) is 9.59 Å². The number of nitrogens with one attached hydrogen (secondary N) is 1. The third-order valence-electron chi connectivity index (χ3n) is 3.75. The largest absolute Gasteiger partial charge is 0.454 e. The quantitative estimate of drug-likeness (QED) is 0.802. The van der Waals surface area contributed by atoms with Crippen LogP contribution in [0.3, 0.4) is 0 Å². The summed E-state index contributed by atoms with van der Waals surface area (Å²) in [6, 6.07) is 8.06. The number of nitrogens with zero attached hydrogens (tertiary/aromatic N) is 4. The zero-order chi connectivity index (χ0) is 16.1. The zero-order valence-corrected chi connectivity index (χ0v) is 12.5. The molecule has 1 aromatic carbocycles. The molecule has 0 saturated carbocycles. The predicted octanol–water partition coefficient (Wildman–Crippen LogP) is 0.410. The number of esters is 1. The Balaban J connectivity index is 1.49. The molecule has 0 radical (unpaired) electrons. The van der Waals surface area contributed by atoms with Gasteiger partial charge in [0.1, 0.15) is 12.9 Å². The summed E-state index contributed by atoms with van der Waals surface area (Å²) in [5.41, 5.74) is 2.41. The maximum atomic E-state index is 12.0. The van der Waals surface area contributed by atoms with Gasteiger partial charge in [0.2, 0.25) is 0 Å². The van der Waals surface area contributed by atoms with Crippen LogP contribution in [0, 0.1) is 0 Å². The van der Waals surface area contributed by atoms with Crippen LogP contribution >= 0.6 is 0 Å². The van der Waals surface area contributed by atoms with Crippen LogP contribution in [-0.2, 0) is 27.3 Å². The lowest BCUT2D eigenvalue weighted by Gasteiger charge is -2.26. The number of aryl methyl sites for hydroxylation is 1. The van der Waals surface area contributed by atoms with E-state index in [2.05, 4.69) is 26.9 Å². The fourth-order valence-electron chi connectivity index (χ4n) is 2.72. The zero-order valence-electron chi connectivity index (χ0n) is 12.5. The van der Waals surface area contributed by atoms with Crippen molar-refractivity contribution in [1.82, 2.24) is 25.5 Å². The van der Waals surface area contributed by atoms with Gasteiger partial charge in [-0.15, -0.1) is 5.10 Å². The minimum Gasteiger partial charge on any atom is -0.454 e. The van der Waals surface area contributed by atoms with Crippen molar-refractivity contribution in [1.29, 1.82) is 0 Å². The Morgan fingerprint density at radius 3 is 3.04 bits per heavy atom. The summed E-state index contributed by atoms with van der Waals surface area (Å²) in [6.07, 6.45) is 4.26. The van der Waals surface area contributed by atoms with Gasteiger partial charge in [0.15, 0.2) is 6.61 Å². The average molecular weight is 315 g/mol. The number of carbonyl (C=O) groups is 2. The monoisotopic (exact) mass is 315 g/mol. The molecule has 1 atom stereocenters. The fourth-order valence-corrected chi connectivity index (χ4v) is 2.72. The Bertz CT molecular complexity index is 686. The SMILES string of the molecule is O=C(COC(=O)Cn1cnnn1)N[C@H]1CCCc2ccccc21. The summed E-state index contributed by atoms with van der Waals surface area (Å²) in [5, 5.41) is 13.3. The van der Waals surface area contributed by atoms with E-state index in [0.717, 1.165) is 24.8 Å². The number of rotatable bonds is 5. The van der Waals surface area contributed by atoms with Crippen LogP contribution in [-0.4, -0.2) is 38.7 Å². The van der Waals surface area contributed by atoms with Crippen LogP contribution in [0.4, 0.5) is 0 Å². The molecule has 0 aliphatic heterocycles. The predicted molar refractivity (Wildman–Crippen MR) is 79.0 cm³/mol. The van der Waals surface area contributed by atoms with E-state index in [9.17, 15) is 9.59 Å². The van der Waals surface area contributed by atoms with Gasteiger partial charge < -0.3 is 10.1 Å². The van der Waals surface area contributed by atoms with Crippen LogP contribution in [0.1, 0.15) is 30.0 Å². The maximum absolute atomic E-state index is 12.0. The number of benzene rings is 1. The van der Waals surface area contributed by atoms with Crippen LogP contribution in [0.15, 0.2) is 30.6 Å². The van der Waals surface area contributed by atoms with Crippen molar-refractivity contribution < 1.29 is 14.3 Å². The van der Waals surface area contributed by atoms with Gasteiger partial charge in [-0.2, -0.15) is 0 Å². The highest BCUT2D eigenvalue weighted by atomic mass is 16.5.